The number of furan rings is 1. The fraction of sp³-hybridized carbons (Fsp3) is 0.611. The standard InChI is InChI=1S/C18H26N2O5S/c1-13-5-8-20(9-6-13)16(21)12-25-18(23)14(7-11-26-2)19-17(22)15-4-3-10-24-15/h3-4,10,13-14H,5-9,11-12H2,1-2H3,(H,19,22)/t14-/m0/s1. The van der Waals surface area contributed by atoms with Crippen molar-refractivity contribution in [3.8, 4) is 0 Å². The van der Waals surface area contributed by atoms with E-state index in [1.165, 1.54) is 12.3 Å². The Labute approximate surface area is 157 Å². The molecule has 1 fully saturated rings. The number of rotatable bonds is 8. The van der Waals surface area contributed by atoms with Crippen molar-refractivity contribution < 1.29 is 23.5 Å². The number of nitrogens with one attached hydrogen (secondary N) is 1. The van der Waals surface area contributed by atoms with E-state index in [1.807, 2.05) is 6.26 Å². The number of thioether (sulfide) groups is 1. The van der Waals surface area contributed by atoms with E-state index in [-0.39, 0.29) is 18.3 Å². The van der Waals surface area contributed by atoms with Crippen LogP contribution in [0.2, 0.25) is 0 Å². The van der Waals surface area contributed by atoms with E-state index in [0.29, 0.717) is 31.2 Å². The molecule has 144 valence electrons. The van der Waals surface area contributed by atoms with Crippen LogP contribution < -0.4 is 5.32 Å². The minimum atomic E-state index is -0.811. The highest BCUT2D eigenvalue weighted by Crippen LogP contribution is 2.16. The summed E-state index contributed by atoms with van der Waals surface area (Å²) in [5.74, 6) is 0.161. The summed E-state index contributed by atoms with van der Waals surface area (Å²) in [6.45, 7) is 3.27. The zero-order valence-electron chi connectivity index (χ0n) is 15.2. The Bertz CT molecular complexity index is 597. The second kappa shape index (κ2) is 10.3. The Balaban J connectivity index is 1.85. The molecule has 2 amide bonds. The average molecular weight is 382 g/mol. The fourth-order valence-corrected chi connectivity index (χ4v) is 3.18. The van der Waals surface area contributed by atoms with E-state index < -0.39 is 17.9 Å². The first-order valence-corrected chi connectivity index (χ1v) is 10.2. The molecule has 0 saturated carbocycles. The Morgan fingerprint density at radius 2 is 2.12 bits per heavy atom. The monoisotopic (exact) mass is 382 g/mol. The van der Waals surface area contributed by atoms with Crippen molar-refractivity contribution in [3.63, 3.8) is 0 Å². The third-order valence-electron chi connectivity index (χ3n) is 4.42. The van der Waals surface area contributed by atoms with Crippen LogP contribution >= 0.6 is 11.8 Å². The predicted octanol–water partition coefficient (Wildman–Crippen LogP) is 1.93. The molecular formula is C18H26N2O5S. The highest BCUT2D eigenvalue weighted by atomic mass is 32.2. The van der Waals surface area contributed by atoms with Gasteiger partial charge in [0, 0.05) is 13.1 Å². The van der Waals surface area contributed by atoms with Crippen LogP contribution in [0, 0.1) is 5.92 Å². The molecule has 1 aliphatic heterocycles. The molecule has 0 spiro atoms. The highest BCUT2D eigenvalue weighted by molar-refractivity contribution is 7.98. The Kier molecular flexibility index (Phi) is 8.03. The number of esters is 1. The van der Waals surface area contributed by atoms with E-state index >= 15 is 0 Å². The van der Waals surface area contributed by atoms with Crippen LogP contribution in [0.1, 0.15) is 36.7 Å². The number of ether oxygens (including phenoxy) is 1. The molecular weight excluding hydrogens is 356 g/mol. The van der Waals surface area contributed by atoms with Gasteiger partial charge in [0.2, 0.25) is 0 Å². The first-order valence-electron chi connectivity index (χ1n) is 8.79. The van der Waals surface area contributed by atoms with Crippen molar-refractivity contribution in [3.05, 3.63) is 24.2 Å². The van der Waals surface area contributed by atoms with Gasteiger partial charge in [-0.25, -0.2) is 4.79 Å². The zero-order valence-corrected chi connectivity index (χ0v) is 16.0. The third kappa shape index (κ3) is 6.09. The molecule has 2 rings (SSSR count). The molecule has 1 saturated heterocycles. The number of hydrogen-bond acceptors (Lipinski definition) is 6. The van der Waals surface area contributed by atoms with Crippen LogP contribution in [-0.2, 0) is 14.3 Å². The number of likely N-dealkylation sites (tertiary alicyclic amines) is 1. The van der Waals surface area contributed by atoms with Gasteiger partial charge in [-0.1, -0.05) is 6.92 Å². The van der Waals surface area contributed by atoms with Crippen molar-refractivity contribution in [2.24, 2.45) is 5.92 Å². The van der Waals surface area contributed by atoms with Gasteiger partial charge in [0.05, 0.1) is 6.26 Å². The Hall–Kier alpha value is -1.96. The van der Waals surface area contributed by atoms with Gasteiger partial charge < -0.3 is 19.4 Å². The maximum absolute atomic E-state index is 12.3. The lowest BCUT2D eigenvalue weighted by Gasteiger charge is -2.30. The van der Waals surface area contributed by atoms with E-state index in [9.17, 15) is 14.4 Å². The zero-order chi connectivity index (χ0) is 18.9. The van der Waals surface area contributed by atoms with E-state index in [2.05, 4.69) is 12.2 Å². The van der Waals surface area contributed by atoms with Crippen LogP contribution in [0.5, 0.6) is 0 Å². The van der Waals surface area contributed by atoms with Crippen molar-refractivity contribution in [1.82, 2.24) is 10.2 Å². The number of carbonyl (C=O) groups excluding carboxylic acids is 3. The number of hydrogen-bond donors (Lipinski definition) is 1. The molecule has 1 aromatic heterocycles. The minimum absolute atomic E-state index is 0.130. The quantitative estimate of drug-likeness (QED) is 0.691. The summed E-state index contributed by atoms with van der Waals surface area (Å²) in [7, 11) is 0. The maximum atomic E-state index is 12.3. The molecule has 0 aromatic carbocycles. The van der Waals surface area contributed by atoms with Gasteiger partial charge in [0.25, 0.3) is 11.8 Å². The van der Waals surface area contributed by atoms with Gasteiger partial charge in [-0.05, 0) is 49.3 Å². The molecule has 1 N–H and O–H groups in total. The number of nitrogens with zero attached hydrogens (tertiary/aromatic N) is 1. The maximum Gasteiger partial charge on any atom is 0.329 e. The van der Waals surface area contributed by atoms with Crippen LogP contribution in [0.25, 0.3) is 0 Å². The lowest BCUT2D eigenvalue weighted by atomic mass is 9.99. The molecule has 7 nitrogen and oxygen atoms in total. The topological polar surface area (TPSA) is 88.9 Å². The molecule has 0 radical (unpaired) electrons. The van der Waals surface area contributed by atoms with Crippen LogP contribution in [0.3, 0.4) is 0 Å². The van der Waals surface area contributed by atoms with Gasteiger partial charge in [0.15, 0.2) is 12.4 Å². The van der Waals surface area contributed by atoms with E-state index in [4.69, 9.17) is 9.15 Å². The van der Waals surface area contributed by atoms with Gasteiger partial charge in [0.1, 0.15) is 6.04 Å². The molecule has 0 bridgehead atoms. The molecule has 0 unspecified atom stereocenters. The molecule has 8 heteroatoms. The van der Waals surface area contributed by atoms with Crippen molar-refractivity contribution in [2.75, 3.05) is 31.7 Å². The van der Waals surface area contributed by atoms with Crippen LogP contribution in [0.4, 0.5) is 0 Å². The SMILES string of the molecule is CSCC[C@H](NC(=O)c1ccco1)C(=O)OCC(=O)N1CCC(C)CC1. The average Bonchev–Trinajstić information content (AvgIpc) is 3.18. The minimum Gasteiger partial charge on any atom is -0.459 e. The Morgan fingerprint density at radius 1 is 1.38 bits per heavy atom. The third-order valence-corrected chi connectivity index (χ3v) is 5.06. The fourth-order valence-electron chi connectivity index (χ4n) is 2.70. The van der Waals surface area contributed by atoms with Gasteiger partial charge in [-0.2, -0.15) is 11.8 Å². The summed E-state index contributed by atoms with van der Waals surface area (Å²) in [6, 6.07) is 2.31. The smallest absolute Gasteiger partial charge is 0.329 e. The van der Waals surface area contributed by atoms with Crippen LogP contribution in [0.15, 0.2) is 22.8 Å². The summed E-state index contributed by atoms with van der Waals surface area (Å²) in [5.41, 5.74) is 0. The highest BCUT2D eigenvalue weighted by Gasteiger charge is 2.26. The summed E-state index contributed by atoms with van der Waals surface area (Å²) in [5, 5.41) is 2.62. The predicted molar refractivity (Wildman–Crippen MR) is 98.9 cm³/mol. The molecule has 1 aromatic rings. The number of amides is 2. The molecule has 0 aliphatic carbocycles. The summed E-state index contributed by atoms with van der Waals surface area (Å²) >= 11 is 1.56. The van der Waals surface area contributed by atoms with Crippen molar-refractivity contribution >= 4 is 29.5 Å². The lowest BCUT2D eigenvalue weighted by molar-refractivity contribution is -0.154. The number of piperidine rings is 1. The second-order valence-corrected chi connectivity index (χ2v) is 7.44. The van der Waals surface area contributed by atoms with Gasteiger partial charge in [-0.3, -0.25) is 9.59 Å². The summed E-state index contributed by atoms with van der Waals surface area (Å²) < 4.78 is 10.2. The van der Waals surface area contributed by atoms with Gasteiger partial charge >= 0.3 is 5.97 Å². The first-order chi connectivity index (χ1) is 12.5. The number of carbonyl (C=O) groups is 3. The van der Waals surface area contributed by atoms with Crippen molar-refractivity contribution in [2.45, 2.75) is 32.2 Å². The van der Waals surface area contributed by atoms with Crippen molar-refractivity contribution in [1.29, 1.82) is 0 Å². The second-order valence-electron chi connectivity index (χ2n) is 6.46. The summed E-state index contributed by atoms with van der Waals surface area (Å²) in [6.07, 6.45) is 5.66. The molecule has 1 aliphatic rings. The van der Waals surface area contributed by atoms with Crippen LogP contribution in [-0.4, -0.2) is 60.4 Å². The normalized spacial score (nSPS) is 16.2. The Morgan fingerprint density at radius 3 is 2.73 bits per heavy atom. The van der Waals surface area contributed by atoms with Gasteiger partial charge in [-0.15, -0.1) is 0 Å². The van der Waals surface area contributed by atoms with E-state index in [1.54, 1.807) is 22.7 Å². The lowest BCUT2D eigenvalue weighted by Crippen LogP contribution is -2.44. The molecule has 26 heavy (non-hydrogen) atoms. The van der Waals surface area contributed by atoms with E-state index in [0.717, 1.165) is 12.8 Å². The molecule has 2 heterocycles. The first kappa shape index (κ1) is 20.4. The largest absolute Gasteiger partial charge is 0.459 e. The summed E-state index contributed by atoms with van der Waals surface area (Å²) in [4.78, 5) is 38.4. The molecule has 1 atom stereocenters.